The van der Waals surface area contributed by atoms with Gasteiger partial charge < -0.3 is 4.90 Å². The van der Waals surface area contributed by atoms with Gasteiger partial charge in [0.1, 0.15) is 0 Å². The van der Waals surface area contributed by atoms with Crippen LogP contribution in [-0.4, -0.2) is 44.1 Å². The summed E-state index contributed by atoms with van der Waals surface area (Å²) < 4.78 is 0. The molecule has 0 aliphatic carbocycles. The molecule has 2 heterocycles. The van der Waals surface area contributed by atoms with Gasteiger partial charge >= 0.3 is 0 Å². The zero-order valence-electron chi connectivity index (χ0n) is 8.48. The smallest absolute Gasteiger partial charge is 0.276 e. The van der Waals surface area contributed by atoms with Crippen molar-refractivity contribution < 1.29 is 4.79 Å². The summed E-state index contributed by atoms with van der Waals surface area (Å²) in [7, 11) is 0. The minimum absolute atomic E-state index is 0.0416. The number of carbonyl (C=O) groups excluding carboxylic acids is 1. The van der Waals surface area contributed by atoms with Crippen LogP contribution in [0.5, 0.6) is 0 Å². The number of piperidine rings is 1. The van der Waals surface area contributed by atoms with E-state index in [0.29, 0.717) is 16.4 Å². The van der Waals surface area contributed by atoms with Crippen LogP contribution in [0.15, 0.2) is 6.20 Å². The summed E-state index contributed by atoms with van der Waals surface area (Å²) in [6.45, 7) is 3.74. The van der Waals surface area contributed by atoms with Gasteiger partial charge in [0.25, 0.3) is 5.91 Å². The lowest BCUT2D eigenvalue weighted by atomic mass is 9.99. The van der Waals surface area contributed by atoms with Gasteiger partial charge in [0, 0.05) is 17.9 Å². The van der Waals surface area contributed by atoms with Crippen LogP contribution in [0, 0.1) is 5.92 Å². The number of aromatic nitrogens is 3. The van der Waals surface area contributed by atoms with E-state index in [9.17, 15) is 4.79 Å². The van der Waals surface area contributed by atoms with Crippen molar-refractivity contribution in [2.45, 2.75) is 18.2 Å². The third kappa shape index (κ3) is 2.19. The van der Waals surface area contributed by atoms with Crippen LogP contribution in [0.4, 0.5) is 0 Å². The van der Waals surface area contributed by atoms with E-state index in [1.54, 1.807) is 0 Å². The van der Waals surface area contributed by atoms with Crippen molar-refractivity contribution in [1.29, 1.82) is 0 Å². The molecule has 1 aromatic rings. The average molecular weight is 273 g/mol. The lowest BCUT2D eigenvalue weighted by Crippen LogP contribution is -2.43. The number of hydrogen-bond acceptors (Lipinski definition) is 3. The average Bonchev–Trinajstić information content (AvgIpc) is 2.74. The number of hydrogen-bond donors (Lipinski definition) is 1. The fourth-order valence-electron chi connectivity index (χ4n) is 1.67. The van der Waals surface area contributed by atoms with Gasteiger partial charge in [-0.25, -0.2) is 0 Å². The zero-order valence-corrected chi connectivity index (χ0v) is 10.1. The molecule has 82 valence electrons. The van der Waals surface area contributed by atoms with Crippen LogP contribution in [0.25, 0.3) is 0 Å². The van der Waals surface area contributed by atoms with Gasteiger partial charge in [-0.15, -0.1) is 0 Å². The maximum absolute atomic E-state index is 11.9. The SMILES string of the molecule is CC1CCN(C(=O)c2cn[nH]n2)CC1Br. The maximum Gasteiger partial charge on any atom is 0.276 e. The zero-order chi connectivity index (χ0) is 10.8. The standard InChI is InChI=1S/C9H13BrN4O/c1-6-2-3-14(5-7(6)10)9(15)8-4-11-13-12-8/h4,6-7H,2-3,5H2,1H3,(H,11,12,13). The highest BCUT2D eigenvalue weighted by molar-refractivity contribution is 9.09. The first-order valence-corrected chi connectivity index (χ1v) is 5.89. The van der Waals surface area contributed by atoms with E-state index < -0.39 is 0 Å². The Morgan fingerprint density at radius 1 is 1.73 bits per heavy atom. The quantitative estimate of drug-likeness (QED) is 0.778. The number of likely N-dealkylation sites (tertiary alicyclic amines) is 1. The van der Waals surface area contributed by atoms with Crippen molar-refractivity contribution in [2.24, 2.45) is 5.92 Å². The minimum atomic E-state index is -0.0416. The number of alkyl halides is 1. The second-order valence-corrected chi connectivity index (χ2v) is 5.06. The Bertz CT molecular complexity index is 340. The van der Waals surface area contributed by atoms with Crippen molar-refractivity contribution in [2.75, 3.05) is 13.1 Å². The van der Waals surface area contributed by atoms with Gasteiger partial charge in [-0.1, -0.05) is 22.9 Å². The Balaban J connectivity index is 2.03. The van der Waals surface area contributed by atoms with Crippen LogP contribution in [0.3, 0.4) is 0 Å². The molecule has 0 saturated carbocycles. The molecule has 2 rings (SSSR count). The highest BCUT2D eigenvalue weighted by Gasteiger charge is 2.28. The minimum Gasteiger partial charge on any atom is -0.336 e. The molecule has 5 nitrogen and oxygen atoms in total. The predicted octanol–water partition coefficient (Wildman–Crippen LogP) is 1.05. The molecule has 0 aromatic carbocycles. The van der Waals surface area contributed by atoms with Gasteiger partial charge in [0.15, 0.2) is 5.69 Å². The summed E-state index contributed by atoms with van der Waals surface area (Å²) in [6, 6.07) is 0. The van der Waals surface area contributed by atoms with E-state index >= 15 is 0 Å². The van der Waals surface area contributed by atoms with E-state index in [4.69, 9.17) is 0 Å². The molecule has 15 heavy (non-hydrogen) atoms. The Morgan fingerprint density at radius 3 is 3.13 bits per heavy atom. The number of halogens is 1. The number of nitrogens with zero attached hydrogens (tertiary/aromatic N) is 3. The molecule has 1 N–H and O–H groups in total. The second kappa shape index (κ2) is 4.30. The lowest BCUT2D eigenvalue weighted by Gasteiger charge is -2.33. The van der Waals surface area contributed by atoms with E-state index in [0.717, 1.165) is 19.5 Å². The Labute approximate surface area is 96.4 Å². The molecule has 2 unspecified atom stereocenters. The highest BCUT2D eigenvalue weighted by Crippen LogP contribution is 2.23. The van der Waals surface area contributed by atoms with Crippen LogP contribution in [0.1, 0.15) is 23.8 Å². The summed E-state index contributed by atoms with van der Waals surface area (Å²) in [6.07, 6.45) is 2.49. The van der Waals surface area contributed by atoms with Crippen molar-refractivity contribution in [3.8, 4) is 0 Å². The summed E-state index contributed by atoms with van der Waals surface area (Å²) in [5.41, 5.74) is 0.393. The van der Waals surface area contributed by atoms with E-state index in [1.807, 2.05) is 4.90 Å². The number of amides is 1. The number of nitrogens with one attached hydrogen (secondary N) is 1. The Hall–Kier alpha value is -0.910. The predicted molar refractivity (Wildman–Crippen MR) is 58.8 cm³/mol. The summed E-state index contributed by atoms with van der Waals surface area (Å²) in [5.74, 6) is 0.575. The lowest BCUT2D eigenvalue weighted by molar-refractivity contribution is 0.0700. The van der Waals surface area contributed by atoms with Gasteiger partial charge in [0.2, 0.25) is 0 Å². The third-order valence-electron chi connectivity index (χ3n) is 2.79. The number of aromatic amines is 1. The third-order valence-corrected chi connectivity index (χ3v) is 3.98. The first-order valence-electron chi connectivity index (χ1n) is 4.97. The molecule has 1 aliphatic heterocycles. The molecule has 1 aliphatic rings. The Kier molecular flexibility index (Phi) is 3.04. The van der Waals surface area contributed by atoms with Gasteiger partial charge in [-0.05, 0) is 12.3 Å². The van der Waals surface area contributed by atoms with Crippen LogP contribution in [-0.2, 0) is 0 Å². The van der Waals surface area contributed by atoms with Crippen molar-refractivity contribution >= 4 is 21.8 Å². The molecule has 1 aromatic heterocycles. The Morgan fingerprint density at radius 2 is 2.53 bits per heavy atom. The normalized spacial score (nSPS) is 26.7. The van der Waals surface area contributed by atoms with Crippen LogP contribution < -0.4 is 0 Å². The first-order chi connectivity index (χ1) is 7.18. The fourth-order valence-corrected chi connectivity index (χ4v) is 2.29. The van der Waals surface area contributed by atoms with Crippen LogP contribution in [0.2, 0.25) is 0 Å². The first kappa shape index (κ1) is 10.6. The molecule has 0 bridgehead atoms. The molecule has 6 heteroatoms. The van der Waals surface area contributed by atoms with Gasteiger partial charge in [-0.3, -0.25) is 4.79 Å². The second-order valence-electron chi connectivity index (χ2n) is 3.89. The van der Waals surface area contributed by atoms with Crippen molar-refractivity contribution in [1.82, 2.24) is 20.3 Å². The van der Waals surface area contributed by atoms with E-state index in [2.05, 4.69) is 38.3 Å². The molecular formula is C9H13BrN4O. The monoisotopic (exact) mass is 272 g/mol. The van der Waals surface area contributed by atoms with Crippen molar-refractivity contribution in [3.63, 3.8) is 0 Å². The van der Waals surface area contributed by atoms with E-state index in [-0.39, 0.29) is 5.91 Å². The summed E-state index contributed by atoms with van der Waals surface area (Å²) in [5, 5.41) is 9.88. The number of H-pyrrole nitrogens is 1. The van der Waals surface area contributed by atoms with Gasteiger partial charge in [0.05, 0.1) is 6.20 Å². The number of rotatable bonds is 1. The van der Waals surface area contributed by atoms with Gasteiger partial charge in [-0.2, -0.15) is 15.4 Å². The number of carbonyl (C=O) groups is 1. The molecular weight excluding hydrogens is 260 g/mol. The molecule has 1 amide bonds. The highest BCUT2D eigenvalue weighted by atomic mass is 79.9. The maximum atomic E-state index is 11.9. The fraction of sp³-hybridized carbons (Fsp3) is 0.667. The van der Waals surface area contributed by atoms with Crippen molar-refractivity contribution in [3.05, 3.63) is 11.9 Å². The summed E-state index contributed by atoms with van der Waals surface area (Å²) in [4.78, 5) is 14.1. The molecule has 1 saturated heterocycles. The molecule has 1 fully saturated rings. The summed E-state index contributed by atoms with van der Waals surface area (Å²) >= 11 is 3.59. The molecule has 0 spiro atoms. The topological polar surface area (TPSA) is 61.9 Å². The van der Waals surface area contributed by atoms with Crippen LogP contribution >= 0.6 is 15.9 Å². The molecule has 0 radical (unpaired) electrons. The van der Waals surface area contributed by atoms with E-state index in [1.165, 1.54) is 6.20 Å². The molecule has 2 atom stereocenters. The largest absolute Gasteiger partial charge is 0.336 e.